The third-order valence-electron chi connectivity index (χ3n) is 5.68. The van der Waals surface area contributed by atoms with E-state index < -0.39 is 0 Å². The number of oxazole rings is 1. The maximum absolute atomic E-state index is 5.87. The Morgan fingerprint density at radius 2 is 1.84 bits per heavy atom. The van der Waals surface area contributed by atoms with Crippen molar-refractivity contribution in [2.75, 3.05) is 19.6 Å². The fourth-order valence-electron chi connectivity index (χ4n) is 3.64. The van der Waals surface area contributed by atoms with E-state index in [9.17, 15) is 0 Å². The molecule has 0 fully saturated rings. The number of hydrogen-bond donors (Lipinski definition) is 2. The maximum Gasteiger partial charge on any atom is 0.216 e. The first-order chi connectivity index (χ1) is 14.2. The van der Waals surface area contributed by atoms with Crippen LogP contribution in [0.5, 0.6) is 0 Å². The van der Waals surface area contributed by atoms with E-state index in [1.54, 1.807) is 0 Å². The molecule has 0 aliphatic carbocycles. The van der Waals surface area contributed by atoms with Gasteiger partial charge in [0.05, 0.1) is 6.20 Å². The summed E-state index contributed by atoms with van der Waals surface area (Å²) in [7, 11) is 0. The molecule has 0 unspecified atom stereocenters. The van der Waals surface area contributed by atoms with Gasteiger partial charge in [0.1, 0.15) is 12.3 Å². The van der Waals surface area contributed by atoms with Crippen molar-refractivity contribution in [3.05, 3.63) is 53.2 Å². The van der Waals surface area contributed by atoms with Crippen LogP contribution < -0.4 is 10.6 Å². The molecule has 0 saturated carbocycles. The standard InChI is InChI=1S/C24H37N5O.HI/c1-7-25-22(27-15-21-26-14-20(30-21)23(2,3)4)28-17-24(5,6)29-13-12-18-10-8-9-11-19(18)16-29;/h8-11,14H,7,12-13,15-17H2,1-6H3,(H2,25,27,28);1H. The van der Waals surface area contributed by atoms with E-state index in [0.717, 1.165) is 44.3 Å². The zero-order chi connectivity index (χ0) is 21.8. The minimum absolute atomic E-state index is 0. The Morgan fingerprint density at radius 3 is 2.48 bits per heavy atom. The van der Waals surface area contributed by atoms with Crippen LogP contribution in [0.3, 0.4) is 0 Å². The Labute approximate surface area is 204 Å². The normalized spacial score (nSPS) is 15.2. The molecule has 2 aromatic rings. The lowest BCUT2D eigenvalue weighted by Gasteiger charge is -2.42. The summed E-state index contributed by atoms with van der Waals surface area (Å²) in [5.74, 6) is 2.32. The van der Waals surface area contributed by atoms with Gasteiger partial charge in [-0.15, -0.1) is 24.0 Å². The number of nitrogens with one attached hydrogen (secondary N) is 2. The van der Waals surface area contributed by atoms with Crippen molar-refractivity contribution in [2.45, 2.75) is 72.0 Å². The first kappa shape index (κ1) is 25.6. The van der Waals surface area contributed by atoms with E-state index in [2.05, 4.69) is 91.3 Å². The highest BCUT2D eigenvalue weighted by atomic mass is 127. The lowest BCUT2D eigenvalue weighted by molar-refractivity contribution is 0.107. The van der Waals surface area contributed by atoms with Crippen molar-refractivity contribution in [3.63, 3.8) is 0 Å². The fraction of sp³-hybridized carbons (Fsp3) is 0.583. The number of aliphatic imine (C=N–C) groups is 1. The highest BCUT2D eigenvalue weighted by Crippen LogP contribution is 2.25. The number of benzene rings is 1. The number of fused-ring (bicyclic) bond motifs is 1. The summed E-state index contributed by atoms with van der Waals surface area (Å²) in [6.45, 7) is 17.1. The molecule has 1 aliphatic rings. The largest absolute Gasteiger partial charge is 0.443 e. The van der Waals surface area contributed by atoms with Crippen LogP contribution in [0.2, 0.25) is 0 Å². The van der Waals surface area contributed by atoms with Gasteiger partial charge in [0.25, 0.3) is 0 Å². The minimum atomic E-state index is -0.0468. The summed E-state index contributed by atoms with van der Waals surface area (Å²) in [4.78, 5) is 11.6. The van der Waals surface area contributed by atoms with Gasteiger partial charge in [-0.3, -0.25) is 4.90 Å². The Kier molecular flexibility index (Phi) is 8.94. The van der Waals surface area contributed by atoms with Gasteiger partial charge in [-0.25, -0.2) is 9.98 Å². The number of halogens is 1. The van der Waals surface area contributed by atoms with Gasteiger partial charge in [-0.1, -0.05) is 45.0 Å². The zero-order valence-corrected chi connectivity index (χ0v) is 22.1. The molecule has 172 valence electrons. The molecule has 0 bridgehead atoms. The van der Waals surface area contributed by atoms with E-state index in [1.807, 2.05) is 6.20 Å². The van der Waals surface area contributed by atoms with Crippen molar-refractivity contribution in [1.29, 1.82) is 0 Å². The molecular weight excluding hydrogens is 501 g/mol. The van der Waals surface area contributed by atoms with E-state index in [1.165, 1.54) is 11.1 Å². The molecule has 1 aromatic heterocycles. The van der Waals surface area contributed by atoms with Crippen LogP contribution in [0.25, 0.3) is 0 Å². The molecule has 1 aromatic carbocycles. The monoisotopic (exact) mass is 539 g/mol. The molecule has 6 nitrogen and oxygen atoms in total. The van der Waals surface area contributed by atoms with Crippen molar-refractivity contribution >= 4 is 29.9 Å². The Bertz CT molecular complexity index is 869. The van der Waals surface area contributed by atoms with Crippen LogP contribution >= 0.6 is 24.0 Å². The predicted octanol–water partition coefficient (Wildman–Crippen LogP) is 4.48. The molecule has 31 heavy (non-hydrogen) atoms. The average molecular weight is 540 g/mol. The quantitative estimate of drug-likeness (QED) is 0.322. The molecule has 7 heteroatoms. The lowest BCUT2D eigenvalue weighted by Crippen LogP contribution is -2.54. The van der Waals surface area contributed by atoms with Crippen LogP contribution in [0.4, 0.5) is 0 Å². The summed E-state index contributed by atoms with van der Waals surface area (Å²) in [5, 5.41) is 6.85. The molecule has 0 amide bonds. The van der Waals surface area contributed by atoms with Gasteiger partial charge in [-0.2, -0.15) is 0 Å². The van der Waals surface area contributed by atoms with Crippen LogP contribution in [0.15, 0.2) is 39.9 Å². The SMILES string of the molecule is CCNC(=NCc1ncc(C(C)(C)C)o1)NCC(C)(C)N1CCc2ccccc2C1.I. The van der Waals surface area contributed by atoms with E-state index >= 15 is 0 Å². The van der Waals surface area contributed by atoms with E-state index in [0.29, 0.717) is 12.4 Å². The first-order valence-corrected chi connectivity index (χ1v) is 11.0. The van der Waals surface area contributed by atoms with Crippen molar-refractivity contribution in [2.24, 2.45) is 4.99 Å². The Hall–Kier alpha value is -1.61. The average Bonchev–Trinajstić information content (AvgIpc) is 3.19. The van der Waals surface area contributed by atoms with E-state index in [4.69, 9.17) is 4.42 Å². The van der Waals surface area contributed by atoms with E-state index in [-0.39, 0.29) is 34.9 Å². The van der Waals surface area contributed by atoms with Gasteiger partial charge < -0.3 is 15.1 Å². The zero-order valence-electron chi connectivity index (χ0n) is 19.8. The second-order valence-corrected chi connectivity index (χ2v) is 9.67. The molecule has 0 spiro atoms. The molecule has 0 radical (unpaired) electrons. The Balaban J connectivity index is 0.00000341. The van der Waals surface area contributed by atoms with Crippen LogP contribution in [-0.2, 0) is 24.9 Å². The molecule has 1 aliphatic heterocycles. The summed E-state index contributed by atoms with van der Waals surface area (Å²) in [6.07, 6.45) is 2.91. The highest BCUT2D eigenvalue weighted by molar-refractivity contribution is 14.0. The summed E-state index contributed by atoms with van der Waals surface area (Å²) in [5.41, 5.74) is 2.88. The molecule has 2 heterocycles. The third kappa shape index (κ3) is 6.94. The van der Waals surface area contributed by atoms with Crippen LogP contribution in [-0.4, -0.2) is 41.0 Å². The second-order valence-electron chi connectivity index (χ2n) is 9.67. The van der Waals surface area contributed by atoms with Crippen molar-refractivity contribution < 1.29 is 4.42 Å². The van der Waals surface area contributed by atoms with Gasteiger partial charge in [0.2, 0.25) is 5.89 Å². The van der Waals surface area contributed by atoms with Gasteiger partial charge >= 0.3 is 0 Å². The number of hydrogen-bond acceptors (Lipinski definition) is 4. The van der Waals surface area contributed by atoms with Gasteiger partial charge in [0.15, 0.2) is 5.96 Å². The molecule has 2 N–H and O–H groups in total. The Morgan fingerprint density at radius 1 is 1.13 bits per heavy atom. The topological polar surface area (TPSA) is 65.7 Å². The number of guanidine groups is 1. The smallest absolute Gasteiger partial charge is 0.216 e. The number of nitrogens with zero attached hydrogens (tertiary/aromatic N) is 3. The second kappa shape index (κ2) is 10.8. The van der Waals surface area contributed by atoms with Crippen LogP contribution in [0.1, 0.15) is 64.3 Å². The molecular formula is C24H38IN5O. The number of aromatic nitrogens is 1. The van der Waals surface area contributed by atoms with Crippen molar-refractivity contribution in [1.82, 2.24) is 20.5 Å². The lowest BCUT2D eigenvalue weighted by atomic mass is 9.94. The molecule has 0 atom stereocenters. The van der Waals surface area contributed by atoms with Crippen molar-refractivity contribution in [3.8, 4) is 0 Å². The predicted molar refractivity (Wildman–Crippen MR) is 138 cm³/mol. The summed E-state index contributed by atoms with van der Waals surface area (Å²) >= 11 is 0. The maximum atomic E-state index is 5.87. The van der Waals surface area contributed by atoms with Gasteiger partial charge in [-0.05, 0) is 38.3 Å². The molecule has 3 rings (SSSR count). The summed E-state index contributed by atoms with van der Waals surface area (Å²) in [6, 6.07) is 8.77. The van der Waals surface area contributed by atoms with Gasteiger partial charge in [0, 0.05) is 37.1 Å². The van der Waals surface area contributed by atoms with Crippen LogP contribution in [0, 0.1) is 0 Å². The summed E-state index contributed by atoms with van der Waals surface area (Å²) < 4.78 is 5.87. The first-order valence-electron chi connectivity index (χ1n) is 11.0. The highest BCUT2D eigenvalue weighted by Gasteiger charge is 2.29. The minimum Gasteiger partial charge on any atom is -0.443 e. The molecule has 0 saturated heterocycles. The number of rotatable bonds is 6. The fourth-order valence-corrected chi connectivity index (χ4v) is 3.64. The third-order valence-corrected chi connectivity index (χ3v) is 5.68.